The van der Waals surface area contributed by atoms with Crippen LogP contribution in [0.3, 0.4) is 0 Å². The van der Waals surface area contributed by atoms with Gasteiger partial charge in [-0.25, -0.2) is 9.78 Å². The summed E-state index contributed by atoms with van der Waals surface area (Å²) in [5.41, 5.74) is 2.71. The molecule has 5 heteroatoms. The lowest BCUT2D eigenvalue weighted by Crippen LogP contribution is -2.28. The highest BCUT2D eigenvalue weighted by Gasteiger charge is 2.19. The van der Waals surface area contributed by atoms with Gasteiger partial charge in [0.2, 0.25) is 0 Å². The van der Waals surface area contributed by atoms with E-state index >= 15 is 0 Å². The molecule has 0 aliphatic rings. The Morgan fingerprint density at radius 3 is 2.90 bits per heavy atom. The molecule has 0 radical (unpaired) electrons. The third-order valence-corrected chi connectivity index (χ3v) is 3.09. The number of amides is 1. The van der Waals surface area contributed by atoms with Gasteiger partial charge in [0.05, 0.1) is 17.1 Å². The van der Waals surface area contributed by atoms with Crippen molar-refractivity contribution < 1.29 is 9.90 Å². The van der Waals surface area contributed by atoms with Gasteiger partial charge in [-0.2, -0.15) is 0 Å². The summed E-state index contributed by atoms with van der Waals surface area (Å²) in [6.07, 6.45) is 1.42. The SMILES string of the molecule is C=Cc1ccc2nc(C(CC(C)C)NC(=O)O)[nH]c2c1. The summed E-state index contributed by atoms with van der Waals surface area (Å²) in [5.74, 6) is 1.01. The molecule has 20 heavy (non-hydrogen) atoms. The molecule has 1 unspecified atom stereocenters. The third-order valence-electron chi connectivity index (χ3n) is 3.09. The number of carbonyl (C=O) groups is 1. The molecule has 5 nitrogen and oxygen atoms in total. The zero-order chi connectivity index (χ0) is 14.7. The van der Waals surface area contributed by atoms with Crippen molar-refractivity contribution in [3.05, 3.63) is 36.2 Å². The highest BCUT2D eigenvalue weighted by Crippen LogP contribution is 2.22. The van der Waals surface area contributed by atoms with E-state index in [9.17, 15) is 4.79 Å². The maximum atomic E-state index is 10.9. The fourth-order valence-electron chi connectivity index (χ4n) is 2.20. The van der Waals surface area contributed by atoms with Crippen LogP contribution in [0.15, 0.2) is 24.8 Å². The van der Waals surface area contributed by atoms with E-state index in [2.05, 4.69) is 35.7 Å². The van der Waals surface area contributed by atoms with Crippen molar-refractivity contribution in [2.75, 3.05) is 0 Å². The second kappa shape index (κ2) is 5.77. The number of nitrogens with zero attached hydrogens (tertiary/aromatic N) is 1. The van der Waals surface area contributed by atoms with Crippen LogP contribution >= 0.6 is 0 Å². The summed E-state index contributed by atoms with van der Waals surface area (Å²) in [7, 11) is 0. The van der Waals surface area contributed by atoms with Crippen molar-refractivity contribution in [1.82, 2.24) is 15.3 Å². The molecule has 0 spiro atoms. The van der Waals surface area contributed by atoms with Gasteiger partial charge in [-0.1, -0.05) is 32.6 Å². The summed E-state index contributed by atoms with van der Waals surface area (Å²) in [6.45, 7) is 7.84. The van der Waals surface area contributed by atoms with Crippen molar-refractivity contribution in [3.8, 4) is 0 Å². The molecule has 0 aliphatic carbocycles. The molecular weight excluding hydrogens is 254 g/mol. The van der Waals surface area contributed by atoms with Gasteiger partial charge in [0.25, 0.3) is 0 Å². The molecule has 1 atom stereocenters. The topological polar surface area (TPSA) is 78.0 Å². The number of benzene rings is 1. The smallest absolute Gasteiger partial charge is 0.405 e. The van der Waals surface area contributed by atoms with E-state index in [1.54, 1.807) is 6.08 Å². The largest absolute Gasteiger partial charge is 0.465 e. The summed E-state index contributed by atoms with van der Waals surface area (Å²) < 4.78 is 0. The minimum absolute atomic E-state index is 0.327. The number of fused-ring (bicyclic) bond motifs is 1. The first kappa shape index (κ1) is 14.1. The monoisotopic (exact) mass is 273 g/mol. The lowest BCUT2D eigenvalue weighted by atomic mass is 10.0. The lowest BCUT2D eigenvalue weighted by Gasteiger charge is -2.16. The number of nitrogens with one attached hydrogen (secondary N) is 2. The average molecular weight is 273 g/mol. The predicted octanol–water partition coefficient (Wildman–Crippen LogP) is 3.56. The van der Waals surface area contributed by atoms with Crippen molar-refractivity contribution in [2.45, 2.75) is 26.3 Å². The molecule has 1 amide bonds. The van der Waals surface area contributed by atoms with Crippen LogP contribution in [-0.4, -0.2) is 21.2 Å². The Bertz CT molecular complexity index is 631. The Labute approximate surface area is 117 Å². The van der Waals surface area contributed by atoms with Crippen LogP contribution in [0.2, 0.25) is 0 Å². The standard InChI is InChI=1S/C15H19N3O2/c1-4-10-5-6-11-12(8-10)17-14(16-11)13(7-9(2)3)18-15(19)20/h4-6,8-9,13,18H,1,7H2,2-3H3,(H,16,17)(H,19,20). The number of aromatic amines is 1. The molecule has 0 saturated carbocycles. The molecule has 0 bridgehead atoms. The number of imidazole rings is 1. The van der Waals surface area contributed by atoms with Crippen molar-refractivity contribution in [1.29, 1.82) is 0 Å². The van der Waals surface area contributed by atoms with Crippen LogP contribution in [0, 0.1) is 5.92 Å². The second-order valence-electron chi connectivity index (χ2n) is 5.23. The number of hydrogen-bond donors (Lipinski definition) is 3. The Hall–Kier alpha value is -2.30. The van der Waals surface area contributed by atoms with Gasteiger partial charge in [-0.15, -0.1) is 0 Å². The molecule has 0 saturated heterocycles. The molecule has 2 rings (SSSR count). The van der Waals surface area contributed by atoms with Gasteiger partial charge in [-0.05, 0) is 30.0 Å². The maximum absolute atomic E-state index is 10.9. The minimum atomic E-state index is -1.04. The number of carboxylic acid groups (broad SMARTS) is 1. The van der Waals surface area contributed by atoms with Gasteiger partial charge in [0.15, 0.2) is 0 Å². The van der Waals surface area contributed by atoms with Gasteiger partial charge in [-0.3, -0.25) is 0 Å². The zero-order valence-corrected chi connectivity index (χ0v) is 11.7. The second-order valence-corrected chi connectivity index (χ2v) is 5.23. The number of aromatic nitrogens is 2. The predicted molar refractivity (Wildman–Crippen MR) is 79.5 cm³/mol. The summed E-state index contributed by atoms with van der Waals surface area (Å²) >= 11 is 0. The minimum Gasteiger partial charge on any atom is -0.465 e. The molecule has 1 heterocycles. The summed E-state index contributed by atoms with van der Waals surface area (Å²) in [4.78, 5) is 18.6. The zero-order valence-electron chi connectivity index (χ0n) is 11.7. The van der Waals surface area contributed by atoms with Gasteiger partial charge in [0, 0.05) is 0 Å². The van der Waals surface area contributed by atoms with E-state index in [1.165, 1.54) is 0 Å². The highest BCUT2D eigenvalue weighted by molar-refractivity contribution is 5.78. The van der Waals surface area contributed by atoms with Crippen LogP contribution in [0.4, 0.5) is 4.79 Å². The van der Waals surface area contributed by atoms with E-state index < -0.39 is 6.09 Å². The molecule has 1 aromatic carbocycles. The van der Waals surface area contributed by atoms with Crippen LogP contribution < -0.4 is 5.32 Å². The van der Waals surface area contributed by atoms with Crippen LogP contribution in [-0.2, 0) is 0 Å². The first-order chi connectivity index (χ1) is 9.49. The van der Waals surface area contributed by atoms with Crippen LogP contribution in [0.1, 0.15) is 37.7 Å². The summed E-state index contributed by atoms with van der Waals surface area (Å²) in [6, 6.07) is 5.46. The van der Waals surface area contributed by atoms with Crippen molar-refractivity contribution in [2.24, 2.45) is 5.92 Å². The first-order valence-corrected chi connectivity index (χ1v) is 6.61. The molecule has 0 fully saturated rings. The first-order valence-electron chi connectivity index (χ1n) is 6.61. The van der Waals surface area contributed by atoms with Crippen molar-refractivity contribution >= 4 is 23.2 Å². The Morgan fingerprint density at radius 2 is 2.30 bits per heavy atom. The molecule has 2 aromatic rings. The number of hydrogen-bond acceptors (Lipinski definition) is 2. The number of H-pyrrole nitrogens is 1. The van der Waals surface area contributed by atoms with E-state index in [4.69, 9.17) is 5.11 Å². The quantitative estimate of drug-likeness (QED) is 0.779. The van der Waals surface area contributed by atoms with Gasteiger partial charge in [0.1, 0.15) is 5.82 Å². The average Bonchev–Trinajstić information content (AvgIpc) is 2.79. The van der Waals surface area contributed by atoms with E-state index in [0.717, 1.165) is 16.6 Å². The molecule has 0 aliphatic heterocycles. The fraction of sp³-hybridized carbons (Fsp3) is 0.333. The van der Waals surface area contributed by atoms with Crippen LogP contribution in [0.25, 0.3) is 17.1 Å². The third kappa shape index (κ3) is 3.17. The Morgan fingerprint density at radius 1 is 1.55 bits per heavy atom. The normalized spacial score (nSPS) is 12.6. The lowest BCUT2D eigenvalue weighted by molar-refractivity contribution is 0.187. The molecular formula is C15H19N3O2. The highest BCUT2D eigenvalue weighted by atomic mass is 16.4. The summed E-state index contributed by atoms with van der Waals surface area (Å²) in [5, 5.41) is 11.5. The fourth-order valence-corrected chi connectivity index (χ4v) is 2.20. The van der Waals surface area contributed by atoms with E-state index in [0.29, 0.717) is 18.2 Å². The van der Waals surface area contributed by atoms with E-state index in [-0.39, 0.29) is 6.04 Å². The van der Waals surface area contributed by atoms with Gasteiger partial charge >= 0.3 is 6.09 Å². The number of rotatable bonds is 5. The van der Waals surface area contributed by atoms with Gasteiger partial charge < -0.3 is 15.4 Å². The van der Waals surface area contributed by atoms with Crippen LogP contribution in [0.5, 0.6) is 0 Å². The van der Waals surface area contributed by atoms with Crippen molar-refractivity contribution in [3.63, 3.8) is 0 Å². The molecule has 1 aromatic heterocycles. The Balaban J connectivity index is 2.36. The maximum Gasteiger partial charge on any atom is 0.405 e. The Kier molecular flexibility index (Phi) is 4.08. The van der Waals surface area contributed by atoms with E-state index in [1.807, 2.05) is 18.2 Å². The molecule has 106 valence electrons. The molecule has 3 N–H and O–H groups in total.